The molecule has 1 aromatic rings. The van der Waals surface area contributed by atoms with Crippen LogP contribution in [0.5, 0.6) is 5.75 Å². The van der Waals surface area contributed by atoms with Crippen LogP contribution in [0.25, 0.3) is 0 Å². The Morgan fingerprint density at radius 3 is 2.68 bits per heavy atom. The van der Waals surface area contributed by atoms with Crippen molar-refractivity contribution < 1.29 is 24.2 Å². The number of carbonyl (C=O) groups is 3. The number of nitrogens with zero attached hydrogens (tertiary/aromatic N) is 1. The number of hydrogen-bond acceptors (Lipinski definition) is 5. The number of hydrogen-bond donors (Lipinski definition) is 2. The lowest BCUT2D eigenvalue weighted by molar-refractivity contribution is -0.154. The molecule has 1 aliphatic rings. The maximum atomic E-state index is 12.2. The Hall–Kier alpha value is -2.57. The predicted octanol–water partition coefficient (Wildman–Crippen LogP) is 0.853. The molecule has 1 aromatic carbocycles. The van der Waals surface area contributed by atoms with E-state index in [1.54, 1.807) is 31.2 Å². The van der Waals surface area contributed by atoms with Crippen molar-refractivity contribution in [1.82, 2.24) is 10.2 Å². The zero-order chi connectivity index (χ0) is 18.2. The third-order valence-electron chi connectivity index (χ3n) is 4.16. The van der Waals surface area contributed by atoms with E-state index in [1.165, 1.54) is 4.90 Å². The smallest absolute Gasteiger partial charge is 0.311 e. The van der Waals surface area contributed by atoms with Crippen LogP contribution in [0.15, 0.2) is 24.3 Å². The summed E-state index contributed by atoms with van der Waals surface area (Å²) in [6.07, 6.45) is 1.91. The van der Waals surface area contributed by atoms with Crippen molar-refractivity contribution >= 4 is 17.8 Å². The molecule has 7 nitrogen and oxygen atoms in total. The molecule has 25 heavy (non-hydrogen) atoms. The van der Waals surface area contributed by atoms with E-state index in [0.717, 1.165) is 5.56 Å². The average Bonchev–Trinajstić information content (AvgIpc) is 2.63. The quantitative estimate of drug-likeness (QED) is 0.608. The third-order valence-corrected chi connectivity index (χ3v) is 4.16. The first kappa shape index (κ1) is 18.8. The number of rotatable bonds is 5. The fourth-order valence-electron chi connectivity index (χ4n) is 2.82. The van der Waals surface area contributed by atoms with Gasteiger partial charge in [-0.25, -0.2) is 0 Å². The van der Waals surface area contributed by atoms with Gasteiger partial charge in [-0.1, -0.05) is 12.1 Å². The largest absolute Gasteiger partial charge is 0.508 e. The van der Waals surface area contributed by atoms with Gasteiger partial charge in [-0.05, 0) is 43.9 Å². The monoisotopic (exact) mass is 348 g/mol. The maximum absolute atomic E-state index is 12.2. The minimum absolute atomic E-state index is 0.184. The first-order valence-corrected chi connectivity index (χ1v) is 8.53. The zero-order valence-corrected chi connectivity index (χ0v) is 14.4. The lowest BCUT2D eigenvalue weighted by atomic mass is 9.98. The Morgan fingerprint density at radius 2 is 2.00 bits per heavy atom. The summed E-state index contributed by atoms with van der Waals surface area (Å²) in [5.41, 5.74) is 0.950. The van der Waals surface area contributed by atoms with E-state index in [9.17, 15) is 19.5 Å². The second kappa shape index (κ2) is 9.05. The van der Waals surface area contributed by atoms with Gasteiger partial charge in [0.1, 0.15) is 5.75 Å². The summed E-state index contributed by atoms with van der Waals surface area (Å²) >= 11 is 0. The molecule has 1 fully saturated rings. The van der Waals surface area contributed by atoms with E-state index >= 15 is 0 Å². The van der Waals surface area contributed by atoms with Crippen LogP contribution in [0.2, 0.25) is 0 Å². The van der Waals surface area contributed by atoms with Gasteiger partial charge in [-0.2, -0.15) is 0 Å². The molecule has 0 saturated carbocycles. The molecule has 1 heterocycles. The van der Waals surface area contributed by atoms with Crippen LogP contribution in [0.1, 0.15) is 25.3 Å². The molecule has 0 aliphatic carbocycles. The Balaban J connectivity index is 1.79. The van der Waals surface area contributed by atoms with Crippen molar-refractivity contribution in [2.75, 3.05) is 26.2 Å². The highest BCUT2D eigenvalue weighted by Gasteiger charge is 2.31. The molecule has 0 spiro atoms. The fraction of sp³-hybridized carbons (Fsp3) is 0.500. The molecule has 1 saturated heterocycles. The van der Waals surface area contributed by atoms with Gasteiger partial charge < -0.3 is 20.1 Å². The normalized spacial score (nSPS) is 17.0. The minimum Gasteiger partial charge on any atom is -0.508 e. The fourth-order valence-corrected chi connectivity index (χ4v) is 2.82. The number of carbonyl (C=O) groups excluding carboxylic acids is 3. The van der Waals surface area contributed by atoms with E-state index in [4.69, 9.17) is 4.74 Å². The number of phenols is 1. The van der Waals surface area contributed by atoms with Crippen LogP contribution in [-0.2, 0) is 25.5 Å². The molecule has 2 amide bonds. The maximum Gasteiger partial charge on any atom is 0.311 e. The molecule has 7 heteroatoms. The standard InChI is InChI=1S/C18H24N2O5/c1-2-25-18(24)14-4-3-11-20(12-14)17(23)16(22)19-10-9-13-5-7-15(21)8-6-13/h5-8,14,21H,2-4,9-12H2,1H3,(H,19,22). The van der Waals surface area contributed by atoms with Gasteiger partial charge in [-0.15, -0.1) is 0 Å². The van der Waals surface area contributed by atoms with Gasteiger partial charge in [0.2, 0.25) is 0 Å². The molecule has 1 unspecified atom stereocenters. The number of likely N-dealkylation sites (tertiary alicyclic amines) is 1. The summed E-state index contributed by atoms with van der Waals surface area (Å²) in [4.78, 5) is 37.5. The number of benzene rings is 1. The number of piperidine rings is 1. The van der Waals surface area contributed by atoms with Gasteiger partial charge in [0, 0.05) is 19.6 Å². The third kappa shape index (κ3) is 5.48. The molecule has 0 radical (unpaired) electrons. The van der Waals surface area contributed by atoms with Crippen LogP contribution < -0.4 is 5.32 Å². The number of nitrogens with one attached hydrogen (secondary N) is 1. The number of esters is 1. The van der Waals surface area contributed by atoms with E-state index in [1.807, 2.05) is 0 Å². The Labute approximate surface area is 147 Å². The Kier molecular flexibility index (Phi) is 6.80. The summed E-state index contributed by atoms with van der Waals surface area (Å²) in [6, 6.07) is 6.67. The number of ether oxygens (including phenoxy) is 1. The van der Waals surface area contributed by atoms with Gasteiger partial charge in [0.25, 0.3) is 0 Å². The summed E-state index contributed by atoms with van der Waals surface area (Å²) < 4.78 is 5.00. The molecular formula is C18H24N2O5. The van der Waals surface area contributed by atoms with Gasteiger partial charge in [0.05, 0.1) is 12.5 Å². The molecule has 2 N–H and O–H groups in total. The summed E-state index contributed by atoms with van der Waals surface area (Å²) in [5.74, 6) is -1.76. The molecule has 1 atom stereocenters. The van der Waals surface area contributed by atoms with E-state index < -0.39 is 11.8 Å². The summed E-state index contributed by atoms with van der Waals surface area (Å²) in [6.45, 7) is 3.07. The number of phenolic OH excluding ortho intramolecular Hbond substituents is 1. The first-order valence-electron chi connectivity index (χ1n) is 8.53. The minimum atomic E-state index is -0.664. The predicted molar refractivity (Wildman–Crippen MR) is 90.8 cm³/mol. The van der Waals surface area contributed by atoms with Gasteiger partial charge in [-0.3, -0.25) is 14.4 Å². The van der Waals surface area contributed by atoms with E-state index in [2.05, 4.69) is 5.32 Å². The number of amides is 2. The lowest BCUT2D eigenvalue weighted by Crippen LogP contribution is -2.49. The van der Waals surface area contributed by atoms with Crippen molar-refractivity contribution in [3.05, 3.63) is 29.8 Å². The molecule has 0 bridgehead atoms. The van der Waals surface area contributed by atoms with Crippen LogP contribution in [0, 0.1) is 5.92 Å². The summed E-state index contributed by atoms with van der Waals surface area (Å²) in [5, 5.41) is 11.8. The average molecular weight is 348 g/mol. The van der Waals surface area contributed by atoms with Gasteiger partial charge in [0.15, 0.2) is 0 Å². The van der Waals surface area contributed by atoms with Crippen LogP contribution in [0.3, 0.4) is 0 Å². The van der Waals surface area contributed by atoms with Crippen molar-refractivity contribution in [1.29, 1.82) is 0 Å². The van der Waals surface area contributed by atoms with Crippen molar-refractivity contribution in [3.63, 3.8) is 0 Å². The first-order chi connectivity index (χ1) is 12.0. The second-order valence-electron chi connectivity index (χ2n) is 6.01. The van der Waals surface area contributed by atoms with E-state index in [-0.39, 0.29) is 24.2 Å². The van der Waals surface area contributed by atoms with Crippen LogP contribution in [-0.4, -0.2) is 54.0 Å². The molecule has 0 aromatic heterocycles. The van der Waals surface area contributed by atoms with Crippen LogP contribution in [0.4, 0.5) is 0 Å². The van der Waals surface area contributed by atoms with Crippen molar-refractivity contribution in [3.8, 4) is 5.75 Å². The molecule has 2 rings (SSSR count). The second-order valence-corrected chi connectivity index (χ2v) is 6.01. The molecule has 1 aliphatic heterocycles. The lowest BCUT2D eigenvalue weighted by Gasteiger charge is -2.30. The summed E-state index contributed by atoms with van der Waals surface area (Å²) in [7, 11) is 0. The number of aromatic hydroxyl groups is 1. The highest BCUT2D eigenvalue weighted by Crippen LogP contribution is 2.18. The van der Waals surface area contributed by atoms with Crippen molar-refractivity contribution in [2.45, 2.75) is 26.2 Å². The molecule has 136 valence electrons. The Morgan fingerprint density at radius 1 is 1.28 bits per heavy atom. The Bertz CT molecular complexity index is 614. The zero-order valence-electron chi connectivity index (χ0n) is 14.4. The SMILES string of the molecule is CCOC(=O)C1CCCN(C(=O)C(=O)NCCc2ccc(O)cc2)C1. The van der Waals surface area contributed by atoms with Crippen molar-refractivity contribution in [2.24, 2.45) is 5.92 Å². The topological polar surface area (TPSA) is 95.9 Å². The highest BCUT2D eigenvalue weighted by atomic mass is 16.5. The van der Waals surface area contributed by atoms with E-state index in [0.29, 0.717) is 39.0 Å². The molecular weight excluding hydrogens is 324 g/mol. The van der Waals surface area contributed by atoms with Crippen LogP contribution >= 0.6 is 0 Å². The highest BCUT2D eigenvalue weighted by molar-refractivity contribution is 6.35. The van der Waals surface area contributed by atoms with Gasteiger partial charge >= 0.3 is 17.8 Å².